The maximum atomic E-state index is 13.8. The molecule has 0 radical (unpaired) electrons. The largest absolute Gasteiger partial charge is 0.417 e. The second kappa shape index (κ2) is 5.63. The molecule has 3 aromatic carbocycles. The molecule has 0 aliphatic heterocycles. The average Bonchev–Trinajstić information content (AvgIpc) is 2.48. The van der Waals surface area contributed by atoms with Crippen molar-refractivity contribution in [2.75, 3.05) is 0 Å². The molecule has 0 fully saturated rings. The highest BCUT2D eigenvalue weighted by Crippen LogP contribution is 2.47. The van der Waals surface area contributed by atoms with E-state index >= 15 is 0 Å². The van der Waals surface area contributed by atoms with Crippen LogP contribution in [-0.2, 0) is 17.8 Å². The molecule has 0 bridgehead atoms. The first-order chi connectivity index (χ1) is 11.8. The van der Waals surface area contributed by atoms with Crippen molar-refractivity contribution in [3.63, 3.8) is 0 Å². The lowest BCUT2D eigenvalue weighted by atomic mass is 9.83. The van der Waals surface area contributed by atoms with Crippen LogP contribution in [0.1, 0.15) is 37.5 Å². The Bertz CT molecular complexity index is 987. The Kier molecular flexibility index (Phi) is 4.01. The summed E-state index contributed by atoms with van der Waals surface area (Å²) in [7, 11) is 0. The molecule has 6 heteroatoms. The van der Waals surface area contributed by atoms with Crippen molar-refractivity contribution in [3.05, 3.63) is 59.2 Å². The Hall–Kier alpha value is -2.24. The molecular weight excluding hydrogens is 354 g/mol. The third kappa shape index (κ3) is 3.02. The summed E-state index contributed by atoms with van der Waals surface area (Å²) < 4.78 is 82.7. The van der Waals surface area contributed by atoms with Gasteiger partial charge in [-0.05, 0) is 38.6 Å². The average molecular weight is 370 g/mol. The van der Waals surface area contributed by atoms with Crippen LogP contribution in [-0.4, -0.2) is 0 Å². The van der Waals surface area contributed by atoms with Crippen LogP contribution in [0.25, 0.3) is 21.5 Å². The molecule has 0 aliphatic rings. The molecular formula is C20H16F6. The van der Waals surface area contributed by atoms with Crippen LogP contribution < -0.4 is 0 Å². The van der Waals surface area contributed by atoms with Gasteiger partial charge < -0.3 is 0 Å². The summed E-state index contributed by atoms with van der Waals surface area (Å²) in [6, 6.07) is 8.66. The van der Waals surface area contributed by atoms with E-state index in [1.54, 1.807) is 20.8 Å². The number of alkyl halides is 6. The van der Waals surface area contributed by atoms with Crippen LogP contribution in [0.15, 0.2) is 42.5 Å². The number of fused-ring (bicyclic) bond motifs is 2. The molecule has 0 nitrogen and oxygen atoms in total. The third-order valence-electron chi connectivity index (χ3n) is 4.46. The van der Waals surface area contributed by atoms with E-state index in [1.807, 2.05) is 0 Å². The minimum absolute atomic E-state index is 0.420. The van der Waals surface area contributed by atoms with Crippen LogP contribution >= 0.6 is 0 Å². The summed E-state index contributed by atoms with van der Waals surface area (Å²) in [4.78, 5) is 0. The standard InChI is InChI=1S/C20H16F6/c1-18(2,3)11-8-9-14-15(10-11)17(20(24,25)26)13-7-5-4-6-12(13)16(14)19(21,22)23/h4-10H,1-3H3. The van der Waals surface area contributed by atoms with E-state index in [4.69, 9.17) is 0 Å². The van der Waals surface area contributed by atoms with Gasteiger partial charge in [-0.3, -0.25) is 0 Å². The van der Waals surface area contributed by atoms with Crippen molar-refractivity contribution in [2.24, 2.45) is 0 Å². The van der Waals surface area contributed by atoms with Crippen molar-refractivity contribution in [2.45, 2.75) is 38.5 Å². The maximum Gasteiger partial charge on any atom is 0.417 e. The second-order valence-corrected chi connectivity index (χ2v) is 7.30. The van der Waals surface area contributed by atoms with E-state index in [0.717, 1.165) is 18.2 Å². The number of rotatable bonds is 0. The van der Waals surface area contributed by atoms with Crippen LogP contribution in [0.4, 0.5) is 26.3 Å². The zero-order valence-electron chi connectivity index (χ0n) is 14.3. The molecule has 0 heterocycles. The van der Waals surface area contributed by atoms with Crippen molar-refractivity contribution < 1.29 is 26.3 Å². The fourth-order valence-corrected chi connectivity index (χ4v) is 3.26. The molecule has 3 aromatic rings. The SMILES string of the molecule is CC(C)(C)c1ccc2c(C(F)(F)F)c3ccccc3c(C(F)(F)F)c2c1. The number of halogens is 6. The first-order valence-electron chi connectivity index (χ1n) is 7.95. The molecule has 0 spiro atoms. The summed E-state index contributed by atoms with van der Waals surface area (Å²) in [6.45, 7) is 5.40. The zero-order chi connectivity index (χ0) is 19.5. The molecule has 0 atom stereocenters. The normalized spacial score (nSPS) is 13.6. The molecule has 0 N–H and O–H groups in total. The van der Waals surface area contributed by atoms with Gasteiger partial charge in [-0.2, -0.15) is 26.3 Å². The molecule has 0 unspecified atom stereocenters. The number of benzene rings is 3. The highest BCUT2D eigenvalue weighted by molar-refractivity contribution is 6.07. The van der Waals surface area contributed by atoms with Gasteiger partial charge in [0.2, 0.25) is 0 Å². The molecule has 138 valence electrons. The second-order valence-electron chi connectivity index (χ2n) is 7.30. The van der Waals surface area contributed by atoms with E-state index in [1.165, 1.54) is 24.3 Å². The summed E-state index contributed by atoms with van der Waals surface area (Å²) in [5, 5.41) is -1.73. The Morgan fingerprint density at radius 3 is 1.42 bits per heavy atom. The van der Waals surface area contributed by atoms with Gasteiger partial charge in [0.25, 0.3) is 0 Å². The molecule has 0 saturated carbocycles. The fourth-order valence-electron chi connectivity index (χ4n) is 3.26. The van der Waals surface area contributed by atoms with Gasteiger partial charge in [0.05, 0.1) is 11.1 Å². The molecule has 0 aromatic heterocycles. The van der Waals surface area contributed by atoms with Crippen molar-refractivity contribution >= 4 is 21.5 Å². The first-order valence-corrected chi connectivity index (χ1v) is 7.95. The smallest absolute Gasteiger partial charge is 0.166 e. The highest BCUT2D eigenvalue weighted by Gasteiger charge is 2.41. The van der Waals surface area contributed by atoms with Crippen LogP contribution in [0.2, 0.25) is 0 Å². The topological polar surface area (TPSA) is 0 Å². The van der Waals surface area contributed by atoms with E-state index in [9.17, 15) is 26.3 Å². The minimum atomic E-state index is -4.78. The first kappa shape index (κ1) is 18.5. The third-order valence-corrected chi connectivity index (χ3v) is 4.46. The van der Waals surface area contributed by atoms with Crippen LogP contribution in [0.3, 0.4) is 0 Å². The van der Waals surface area contributed by atoms with E-state index in [-0.39, 0.29) is 0 Å². The number of hydrogen-bond donors (Lipinski definition) is 0. The van der Waals surface area contributed by atoms with Gasteiger partial charge in [0.15, 0.2) is 0 Å². The molecule has 0 saturated heterocycles. The van der Waals surface area contributed by atoms with Gasteiger partial charge in [-0.15, -0.1) is 0 Å². The summed E-state index contributed by atoms with van der Waals surface area (Å²) in [5.41, 5.74) is -2.01. The van der Waals surface area contributed by atoms with Gasteiger partial charge in [0, 0.05) is 0 Å². The fraction of sp³-hybridized carbons (Fsp3) is 0.300. The summed E-state index contributed by atoms with van der Waals surface area (Å²) >= 11 is 0. The van der Waals surface area contributed by atoms with Crippen LogP contribution in [0.5, 0.6) is 0 Å². The quantitative estimate of drug-likeness (QED) is 0.287. The van der Waals surface area contributed by atoms with Gasteiger partial charge >= 0.3 is 12.4 Å². The Morgan fingerprint density at radius 2 is 1.00 bits per heavy atom. The predicted molar refractivity (Wildman–Crippen MR) is 90.2 cm³/mol. The van der Waals surface area contributed by atoms with Gasteiger partial charge in [-0.1, -0.05) is 57.2 Å². The van der Waals surface area contributed by atoms with Crippen LogP contribution in [0, 0.1) is 0 Å². The predicted octanol–water partition coefficient (Wildman–Crippen LogP) is 7.33. The molecule has 0 aliphatic carbocycles. The Balaban J connectivity index is 2.64. The van der Waals surface area contributed by atoms with E-state index in [2.05, 4.69) is 0 Å². The van der Waals surface area contributed by atoms with Gasteiger partial charge in [-0.25, -0.2) is 0 Å². The summed E-state index contributed by atoms with van der Waals surface area (Å²) in [5.74, 6) is 0. The molecule has 0 amide bonds. The minimum Gasteiger partial charge on any atom is -0.166 e. The summed E-state index contributed by atoms with van der Waals surface area (Å²) in [6.07, 6.45) is -9.55. The Labute approximate surface area is 146 Å². The lowest BCUT2D eigenvalue weighted by Gasteiger charge is -2.23. The molecule has 26 heavy (non-hydrogen) atoms. The van der Waals surface area contributed by atoms with Crippen molar-refractivity contribution in [1.29, 1.82) is 0 Å². The molecule has 3 rings (SSSR count). The van der Waals surface area contributed by atoms with Gasteiger partial charge in [0.1, 0.15) is 0 Å². The Morgan fingerprint density at radius 1 is 0.577 bits per heavy atom. The monoisotopic (exact) mass is 370 g/mol. The van der Waals surface area contributed by atoms with E-state index in [0.29, 0.717) is 5.56 Å². The van der Waals surface area contributed by atoms with E-state index < -0.39 is 50.4 Å². The maximum absolute atomic E-state index is 13.8. The number of hydrogen-bond acceptors (Lipinski definition) is 0. The lowest BCUT2D eigenvalue weighted by Crippen LogP contribution is -2.15. The van der Waals surface area contributed by atoms with Crippen molar-refractivity contribution in [1.82, 2.24) is 0 Å². The zero-order valence-corrected chi connectivity index (χ0v) is 14.3. The lowest BCUT2D eigenvalue weighted by molar-refractivity contribution is -0.137. The van der Waals surface area contributed by atoms with Crippen molar-refractivity contribution in [3.8, 4) is 0 Å². The highest BCUT2D eigenvalue weighted by atomic mass is 19.4.